The molecule has 0 heterocycles. The quantitative estimate of drug-likeness (QED) is 0.256. The summed E-state index contributed by atoms with van der Waals surface area (Å²) in [5.41, 5.74) is 2.10. The van der Waals surface area contributed by atoms with Crippen molar-refractivity contribution in [3.63, 3.8) is 0 Å². The van der Waals surface area contributed by atoms with E-state index < -0.39 is 0 Å². The topological polar surface area (TPSA) is 26.3 Å². The maximum Gasteiger partial charge on any atom is 0.333 e. The number of hydrogen-bond donors (Lipinski definition) is 0. The third-order valence-corrected chi connectivity index (χ3v) is 3.80. The van der Waals surface area contributed by atoms with E-state index in [-0.39, 0.29) is 5.97 Å². The molecule has 0 atom stereocenters. The maximum atomic E-state index is 11.8. The number of ether oxygens (including phenoxy) is 1. The van der Waals surface area contributed by atoms with Crippen LogP contribution in [0.1, 0.15) is 91.9 Å². The van der Waals surface area contributed by atoms with Gasteiger partial charge in [-0.1, -0.05) is 64.4 Å². The summed E-state index contributed by atoms with van der Waals surface area (Å²) in [6, 6.07) is 0. The molecule has 0 saturated carbocycles. The zero-order valence-electron chi connectivity index (χ0n) is 14.1. The number of allylic oxidation sites excluding steroid dienone is 1. The van der Waals surface area contributed by atoms with Crippen molar-refractivity contribution in [2.75, 3.05) is 6.61 Å². The SMILES string of the molecule is CCCCCCCCCCC(C)=C(CC)C(=O)OCC. The Morgan fingerprint density at radius 1 is 0.850 bits per heavy atom. The first-order chi connectivity index (χ1) is 9.67. The van der Waals surface area contributed by atoms with Crippen LogP contribution in [0.3, 0.4) is 0 Å². The first kappa shape index (κ1) is 19.2. The molecule has 0 aliphatic carbocycles. The van der Waals surface area contributed by atoms with Gasteiger partial charge < -0.3 is 4.74 Å². The van der Waals surface area contributed by atoms with E-state index in [4.69, 9.17) is 4.74 Å². The lowest BCUT2D eigenvalue weighted by atomic mass is 10.00. The van der Waals surface area contributed by atoms with Crippen molar-refractivity contribution in [1.29, 1.82) is 0 Å². The lowest BCUT2D eigenvalue weighted by Crippen LogP contribution is -2.09. The normalized spacial score (nSPS) is 12.2. The summed E-state index contributed by atoms with van der Waals surface area (Å²) in [6.45, 7) is 8.69. The Labute approximate surface area is 126 Å². The van der Waals surface area contributed by atoms with Gasteiger partial charge in [0.05, 0.1) is 6.61 Å². The summed E-state index contributed by atoms with van der Waals surface area (Å²) >= 11 is 0. The minimum absolute atomic E-state index is 0.118. The van der Waals surface area contributed by atoms with Crippen LogP contribution in [-0.4, -0.2) is 12.6 Å². The largest absolute Gasteiger partial charge is 0.463 e. The van der Waals surface area contributed by atoms with Crippen molar-refractivity contribution in [2.24, 2.45) is 0 Å². The van der Waals surface area contributed by atoms with Crippen LogP contribution in [0.2, 0.25) is 0 Å². The molecule has 0 aromatic rings. The van der Waals surface area contributed by atoms with Crippen LogP contribution >= 0.6 is 0 Å². The fourth-order valence-electron chi connectivity index (χ4n) is 2.51. The van der Waals surface area contributed by atoms with Crippen molar-refractivity contribution < 1.29 is 9.53 Å². The first-order valence-corrected chi connectivity index (χ1v) is 8.53. The molecule has 0 aromatic carbocycles. The van der Waals surface area contributed by atoms with Gasteiger partial charge in [0.2, 0.25) is 0 Å². The molecule has 0 unspecified atom stereocenters. The number of carbonyl (C=O) groups excluding carboxylic acids is 1. The number of esters is 1. The van der Waals surface area contributed by atoms with E-state index in [1.165, 1.54) is 56.9 Å². The predicted molar refractivity (Wildman–Crippen MR) is 86.9 cm³/mol. The Kier molecular flexibility index (Phi) is 12.7. The van der Waals surface area contributed by atoms with Crippen LogP contribution < -0.4 is 0 Å². The van der Waals surface area contributed by atoms with Gasteiger partial charge in [0, 0.05) is 5.57 Å². The Hall–Kier alpha value is -0.790. The fraction of sp³-hybridized carbons (Fsp3) is 0.833. The van der Waals surface area contributed by atoms with Gasteiger partial charge >= 0.3 is 5.97 Å². The monoisotopic (exact) mass is 282 g/mol. The molecule has 20 heavy (non-hydrogen) atoms. The molecule has 0 saturated heterocycles. The van der Waals surface area contributed by atoms with Crippen molar-refractivity contribution in [1.82, 2.24) is 0 Å². The second kappa shape index (κ2) is 13.2. The smallest absolute Gasteiger partial charge is 0.333 e. The van der Waals surface area contributed by atoms with Crippen LogP contribution in [0.5, 0.6) is 0 Å². The molecule has 0 aliphatic heterocycles. The van der Waals surface area contributed by atoms with E-state index in [0.717, 1.165) is 18.4 Å². The first-order valence-electron chi connectivity index (χ1n) is 8.53. The summed E-state index contributed by atoms with van der Waals surface area (Å²) in [4.78, 5) is 11.8. The fourth-order valence-corrected chi connectivity index (χ4v) is 2.51. The van der Waals surface area contributed by atoms with Gasteiger partial charge in [-0.05, 0) is 33.1 Å². The maximum absolute atomic E-state index is 11.8. The van der Waals surface area contributed by atoms with Crippen LogP contribution in [0, 0.1) is 0 Å². The Bertz CT molecular complexity index is 279. The summed E-state index contributed by atoms with van der Waals surface area (Å²) < 4.78 is 5.10. The van der Waals surface area contributed by atoms with E-state index in [9.17, 15) is 4.79 Å². The van der Waals surface area contributed by atoms with Crippen molar-refractivity contribution >= 4 is 5.97 Å². The zero-order valence-corrected chi connectivity index (χ0v) is 14.1. The highest BCUT2D eigenvalue weighted by Gasteiger charge is 2.11. The third kappa shape index (κ3) is 9.17. The van der Waals surface area contributed by atoms with E-state index in [2.05, 4.69) is 13.8 Å². The van der Waals surface area contributed by atoms with E-state index in [1.807, 2.05) is 13.8 Å². The molecule has 0 fully saturated rings. The van der Waals surface area contributed by atoms with Gasteiger partial charge in [-0.2, -0.15) is 0 Å². The van der Waals surface area contributed by atoms with Crippen molar-refractivity contribution in [3.8, 4) is 0 Å². The Balaban J connectivity index is 3.83. The average molecular weight is 282 g/mol. The second-order valence-corrected chi connectivity index (χ2v) is 5.56. The molecule has 0 aromatic heterocycles. The highest BCUT2D eigenvalue weighted by molar-refractivity contribution is 5.89. The highest BCUT2D eigenvalue weighted by atomic mass is 16.5. The molecule has 0 amide bonds. The van der Waals surface area contributed by atoms with Crippen LogP contribution in [0.4, 0.5) is 0 Å². The lowest BCUT2D eigenvalue weighted by molar-refractivity contribution is -0.138. The molecule has 118 valence electrons. The van der Waals surface area contributed by atoms with Gasteiger partial charge in [0.25, 0.3) is 0 Å². The highest BCUT2D eigenvalue weighted by Crippen LogP contribution is 2.18. The molecule has 0 N–H and O–H groups in total. The van der Waals surface area contributed by atoms with E-state index >= 15 is 0 Å². The van der Waals surface area contributed by atoms with Gasteiger partial charge in [-0.15, -0.1) is 0 Å². The third-order valence-electron chi connectivity index (χ3n) is 3.80. The number of carbonyl (C=O) groups is 1. The molecule has 0 spiro atoms. The Morgan fingerprint density at radius 3 is 1.90 bits per heavy atom. The average Bonchev–Trinajstić information content (AvgIpc) is 2.43. The summed E-state index contributed by atoms with van der Waals surface area (Å²) in [5.74, 6) is -0.118. The molecular formula is C18H34O2. The van der Waals surface area contributed by atoms with Crippen molar-refractivity contribution in [2.45, 2.75) is 91.9 Å². The molecule has 2 nitrogen and oxygen atoms in total. The standard InChI is InChI=1S/C18H34O2/c1-5-8-9-10-11-12-13-14-15-16(4)17(6-2)18(19)20-7-3/h5-15H2,1-4H3. The molecule has 0 bridgehead atoms. The van der Waals surface area contributed by atoms with Crippen molar-refractivity contribution in [3.05, 3.63) is 11.1 Å². The van der Waals surface area contributed by atoms with Gasteiger partial charge in [-0.3, -0.25) is 0 Å². The molecule has 0 rings (SSSR count). The van der Waals surface area contributed by atoms with Crippen LogP contribution in [-0.2, 0) is 9.53 Å². The summed E-state index contributed by atoms with van der Waals surface area (Å²) in [5, 5.41) is 0. The molecular weight excluding hydrogens is 248 g/mol. The van der Waals surface area contributed by atoms with Crippen LogP contribution in [0.25, 0.3) is 0 Å². The van der Waals surface area contributed by atoms with Gasteiger partial charge in [0.1, 0.15) is 0 Å². The molecule has 2 heteroatoms. The summed E-state index contributed by atoms with van der Waals surface area (Å²) in [7, 11) is 0. The minimum Gasteiger partial charge on any atom is -0.463 e. The summed E-state index contributed by atoms with van der Waals surface area (Å²) in [6.07, 6.45) is 12.5. The Morgan fingerprint density at radius 2 is 1.40 bits per heavy atom. The second-order valence-electron chi connectivity index (χ2n) is 5.56. The van der Waals surface area contributed by atoms with E-state index in [1.54, 1.807) is 0 Å². The number of unbranched alkanes of at least 4 members (excludes halogenated alkanes) is 7. The van der Waals surface area contributed by atoms with Crippen LogP contribution in [0.15, 0.2) is 11.1 Å². The predicted octanol–water partition coefficient (Wildman–Crippen LogP) is 5.81. The molecule has 0 aliphatic rings. The van der Waals surface area contributed by atoms with Gasteiger partial charge in [-0.25, -0.2) is 4.79 Å². The lowest BCUT2D eigenvalue weighted by Gasteiger charge is -2.09. The molecule has 0 radical (unpaired) electrons. The minimum atomic E-state index is -0.118. The van der Waals surface area contributed by atoms with E-state index in [0.29, 0.717) is 6.61 Å². The number of rotatable bonds is 12. The van der Waals surface area contributed by atoms with Gasteiger partial charge in [0.15, 0.2) is 0 Å². The zero-order chi connectivity index (χ0) is 15.2. The number of hydrogen-bond acceptors (Lipinski definition) is 2.